The second-order valence-corrected chi connectivity index (χ2v) is 7.64. The van der Waals surface area contributed by atoms with Gasteiger partial charge in [0.25, 0.3) is 5.91 Å². The first-order valence-corrected chi connectivity index (χ1v) is 9.18. The maximum atomic E-state index is 12.8. The van der Waals surface area contributed by atoms with E-state index in [2.05, 4.69) is 15.0 Å². The number of nitrogens with one attached hydrogen (secondary N) is 3. The summed E-state index contributed by atoms with van der Waals surface area (Å²) in [6.07, 6.45) is 7.06. The van der Waals surface area contributed by atoms with Crippen LogP contribution in [0.3, 0.4) is 0 Å². The van der Waals surface area contributed by atoms with E-state index in [-0.39, 0.29) is 16.5 Å². The topological polar surface area (TPSA) is 120 Å². The Labute approximate surface area is 145 Å². The Bertz CT molecular complexity index is 932. The van der Waals surface area contributed by atoms with Gasteiger partial charge in [-0.3, -0.25) is 9.78 Å². The van der Waals surface area contributed by atoms with Gasteiger partial charge in [-0.2, -0.15) is 0 Å². The molecule has 1 aliphatic rings. The van der Waals surface area contributed by atoms with Gasteiger partial charge in [0.2, 0.25) is 0 Å². The maximum absolute atomic E-state index is 12.8. The summed E-state index contributed by atoms with van der Waals surface area (Å²) in [6.45, 7) is 1.55. The molecule has 4 N–H and O–H groups in total. The van der Waals surface area contributed by atoms with Crippen molar-refractivity contribution < 1.29 is 14.1 Å². The van der Waals surface area contributed by atoms with E-state index in [1.165, 1.54) is 6.20 Å². The summed E-state index contributed by atoms with van der Waals surface area (Å²) in [5, 5.41) is 12.5. The van der Waals surface area contributed by atoms with E-state index in [0.29, 0.717) is 11.3 Å². The molecule has 132 valence electrons. The molecule has 0 spiro atoms. The van der Waals surface area contributed by atoms with Crippen molar-refractivity contribution in [2.24, 2.45) is 7.05 Å². The van der Waals surface area contributed by atoms with E-state index >= 15 is 0 Å². The number of rotatable bonds is 3. The number of fused-ring (bicyclic) bond motifs is 1. The third kappa shape index (κ3) is 3.34. The molecule has 1 amide bonds. The van der Waals surface area contributed by atoms with Crippen LogP contribution in [-0.2, 0) is 17.0 Å². The number of amides is 1. The Balaban J connectivity index is 2.05. The normalized spacial score (nSPS) is 23.6. The molecule has 9 heteroatoms. The molecule has 8 nitrogen and oxygen atoms in total. The predicted molar refractivity (Wildman–Crippen MR) is 94.4 cm³/mol. The van der Waals surface area contributed by atoms with Gasteiger partial charge in [-0.25, -0.2) is 13.7 Å². The van der Waals surface area contributed by atoms with Crippen LogP contribution in [0.15, 0.2) is 41.7 Å². The maximum Gasteiger partial charge on any atom is 0.272 e. The second-order valence-electron chi connectivity index (χ2n) is 5.86. The first kappa shape index (κ1) is 17.3. The van der Waals surface area contributed by atoms with Crippen LogP contribution in [0.4, 0.5) is 5.69 Å². The molecule has 3 rings (SSSR count). The number of aliphatic hydroxyl groups excluding tert-OH is 1. The highest BCUT2D eigenvalue weighted by Crippen LogP contribution is 2.27. The molecule has 0 fully saturated rings. The van der Waals surface area contributed by atoms with Crippen LogP contribution in [0.2, 0.25) is 0 Å². The molecule has 0 saturated carbocycles. The van der Waals surface area contributed by atoms with E-state index in [4.69, 9.17) is 4.78 Å². The summed E-state index contributed by atoms with van der Waals surface area (Å²) in [4.78, 5) is 16.8. The number of aromatic nitrogens is 2. The van der Waals surface area contributed by atoms with Crippen LogP contribution in [-0.4, -0.2) is 36.9 Å². The zero-order chi connectivity index (χ0) is 18.2. The van der Waals surface area contributed by atoms with Crippen molar-refractivity contribution in [1.82, 2.24) is 14.3 Å². The summed E-state index contributed by atoms with van der Waals surface area (Å²) in [5.41, 5.74) is 1.28. The van der Waals surface area contributed by atoms with Crippen molar-refractivity contribution in [3.8, 4) is 0 Å². The molecule has 2 aromatic heterocycles. The first-order valence-electron chi connectivity index (χ1n) is 7.62. The molecule has 0 bridgehead atoms. The van der Waals surface area contributed by atoms with E-state index in [1.54, 1.807) is 55.2 Å². The highest BCUT2D eigenvalue weighted by molar-refractivity contribution is 7.90. The largest absolute Gasteiger partial charge is 0.391 e. The lowest BCUT2D eigenvalue weighted by molar-refractivity contribution is 0.101. The molecule has 0 saturated heterocycles. The van der Waals surface area contributed by atoms with Crippen LogP contribution < -0.4 is 10.0 Å². The average molecular weight is 361 g/mol. The van der Waals surface area contributed by atoms with Crippen LogP contribution in [0.1, 0.15) is 23.0 Å². The average Bonchev–Trinajstić information content (AvgIpc) is 2.83. The van der Waals surface area contributed by atoms with Crippen molar-refractivity contribution in [2.45, 2.75) is 24.0 Å². The van der Waals surface area contributed by atoms with Crippen molar-refractivity contribution in [3.63, 3.8) is 0 Å². The molecule has 3 atom stereocenters. The molecule has 0 aromatic carbocycles. The number of pyridine rings is 1. The minimum absolute atomic E-state index is 0.217. The second kappa shape index (κ2) is 6.43. The summed E-state index contributed by atoms with van der Waals surface area (Å²) in [6, 6.07) is 2.68. The third-order valence-corrected chi connectivity index (χ3v) is 5.49. The molecule has 1 unspecified atom stereocenters. The first-order chi connectivity index (χ1) is 11.8. The third-order valence-electron chi connectivity index (χ3n) is 3.94. The Kier molecular flexibility index (Phi) is 4.46. The molecule has 1 aliphatic heterocycles. The van der Waals surface area contributed by atoms with Gasteiger partial charge in [0.05, 0.1) is 17.0 Å². The lowest BCUT2D eigenvalue weighted by Gasteiger charge is -2.17. The number of hydrogen-bond donors (Lipinski definition) is 4. The van der Waals surface area contributed by atoms with Crippen LogP contribution in [0, 0.1) is 4.78 Å². The summed E-state index contributed by atoms with van der Waals surface area (Å²) >= 11 is 0. The molecular weight excluding hydrogens is 342 g/mol. The molecule has 3 heterocycles. The Hall–Kier alpha value is -2.49. The standard InChI is InChI=1S/C16H19N5O3S/c1-10(22)13-4-3-12-14(25(17,24)20-13)9-21(2)15(12)16(23)19-11-5-7-18-8-6-11/h3-10,13,22H,1-2H3,(H2,17,20,24)(H,18,19,23)/t10-,13+,25?/m0/s1. The minimum Gasteiger partial charge on any atom is -0.391 e. The Morgan fingerprint density at radius 2 is 2.16 bits per heavy atom. The van der Waals surface area contributed by atoms with Crippen molar-refractivity contribution in [2.75, 3.05) is 5.32 Å². The highest BCUT2D eigenvalue weighted by atomic mass is 32.2. The fourth-order valence-corrected chi connectivity index (χ4v) is 4.24. The van der Waals surface area contributed by atoms with E-state index < -0.39 is 22.1 Å². The number of nitrogens with zero attached hydrogens (tertiary/aromatic N) is 2. The molecule has 0 aliphatic carbocycles. The zero-order valence-electron chi connectivity index (χ0n) is 13.8. The lowest BCUT2D eigenvalue weighted by Crippen LogP contribution is -2.39. The Morgan fingerprint density at radius 1 is 1.48 bits per heavy atom. The molecule has 2 aromatic rings. The van der Waals surface area contributed by atoms with Gasteiger partial charge in [0.15, 0.2) is 0 Å². The Morgan fingerprint density at radius 3 is 2.80 bits per heavy atom. The van der Waals surface area contributed by atoms with E-state index in [1.807, 2.05) is 0 Å². The number of aryl methyl sites for hydroxylation is 1. The molecule has 0 radical (unpaired) electrons. The number of aliphatic hydroxyl groups is 1. The van der Waals surface area contributed by atoms with E-state index in [9.17, 15) is 14.1 Å². The van der Waals surface area contributed by atoms with E-state index in [0.717, 1.165) is 0 Å². The van der Waals surface area contributed by atoms with Crippen LogP contribution in [0.25, 0.3) is 6.08 Å². The summed E-state index contributed by atoms with van der Waals surface area (Å²) in [5.74, 6) is -0.384. The van der Waals surface area contributed by atoms with Gasteiger partial charge in [0.1, 0.15) is 15.6 Å². The molecular formula is C16H19N5O3S. The predicted octanol–water partition coefficient (Wildman–Crippen LogP) is 1.36. The monoisotopic (exact) mass is 361 g/mol. The van der Waals surface area contributed by atoms with Gasteiger partial charge in [0, 0.05) is 36.9 Å². The lowest BCUT2D eigenvalue weighted by atomic mass is 10.1. The van der Waals surface area contributed by atoms with Gasteiger partial charge in [-0.05, 0) is 19.1 Å². The molecule has 25 heavy (non-hydrogen) atoms. The van der Waals surface area contributed by atoms with Crippen LogP contribution in [0.5, 0.6) is 0 Å². The quantitative estimate of drug-likeness (QED) is 0.660. The SMILES string of the molecule is C[C@H](O)[C@H]1C=Cc2c(cn(C)c2C(=O)Nc2ccncc2)S(=N)(=O)N1. The number of carbonyl (C=O) groups is 1. The zero-order valence-corrected chi connectivity index (χ0v) is 14.6. The highest BCUT2D eigenvalue weighted by Gasteiger charge is 2.29. The fourth-order valence-electron chi connectivity index (χ4n) is 2.67. The van der Waals surface area contributed by atoms with Gasteiger partial charge in [-0.1, -0.05) is 12.2 Å². The van der Waals surface area contributed by atoms with Crippen molar-refractivity contribution >= 4 is 27.6 Å². The number of carbonyl (C=O) groups excluding carboxylic acids is 1. The van der Waals surface area contributed by atoms with Crippen molar-refractivity contribution in [3.05, 3.63) is 48.1 Å². The number of hydrogen-bond acceptors (Lipinski definition) is 5. The summed E-state index contributed by atoms with van der Waals surface area (Å²) in [7, 11) is -1.71. The smallest absolute Gasteiger partial charge is 0.272 e. The van der Waals surface area contributed by atoms with Crippen molar-refractivity contribution in [1.29, 1.82) is 4.78 Å². The van der Waals surface area contributed by atoms with Crippen LogP contribution >= 0.6 is 0 Å². The summed E-state index contributed by atoms with van der Waals surface area (Å²) < 4.78 is 25.1. The van der Waals surface area contributed by atoms with Gasteiger partial charge >= 0.3 is 0 Å². The fraction of sp³-hybridized carbons (Fsp3) is 0.250. The van der Waals surface area contributed by atoms with Gasteiger partial charge in [-0.15, -0.1) is 0 Å². The number of anilines is 1. The van der Waals surface area contributed by atoms with Gasteiger partial charge < -0.3 is 15.0 Å². The minimum atomic E-state index is -3.36.